The first-order valence-electron chi connectivity index (χ1n) is 5.87. The monoisotopic (exact) mass is 306 g/mol. The third-order valence-corrected chi connectivity index (χ3v) is 3.00. The molecule has 108 valence electrons. The lowest BCUT2D eigenvalue weighted by Crippen LogP contribution is -3.00. The summed E-state index contributed by atoms with van der Waals surface area (Å²) in [5, 5.41) is 29.2. The maximum absolute atomic E-state index is 10.0. The molecule has 0 saturated carbocycles. The van der Waals surface area contributed by atoms with Crippen molar-refractivity contribution < 1.29 is 36.9 Å². The number of phenolic OH excluding ortho intramolecular Hbond substituents is 2. The molecule has 0 spiro atoms. The third-order valence-electron chi connectivity index (χ3n) is 3.00. The van der Waals surface area contributed by atoms with Gasteiger partial charge in [-0.3, -0.25) is 4.79 Å². The van der Waals surface area contributed by atoms with Crippen LogP contribution in [0.1, 0.15) is 0 Å². The Bertz CT molecular complexity index is 870. The molecule has 0 unspecified atom stereocenters. The van der Waals surface area contributed by atoms with E-state index < -0.39 is 11.2 Å². The first-order valence-corrected chi connectivity index (χ1v) is 5.87. The largest absolute Gasteiger partial charge is 1.00 e. The summed E-state index contributed by atoms with van der Waals surface area (Å²) in [6, 6.07) is 10.6. The van der Waals surface area contributed by atoms with Crippen molar-refractivity contribution in [2.24, 2.45) is 0 Å². The minimum absolute atomic E-state index is 0. The van der Waals surface area contributed by atoms with Crippen molar-refractivity contribution >= 4 is 11.0 Å². The molecule has 0 amide bonds. The van der Waals surface area contributed by atoms with E-state index >= 15 is 0 Å². The zero-order valence-electron chi connectivity index (χ0n) is 10.6. The highest BCUT2D eigenvalue weighted by molar-refractivity contribution is 5.86. The second-order valence-electron chi connectivity index (χ2n) is 4.33. The standard InChI is InChI=1S/C15H10O5.ClH/c16-9-4-1-3-8(7-9)15-14(19)13(18)12-10(17)5-2-6-11(12)20-15;/h1-7,16-17,19H;1H. The summed E-state index contributed by atoms with van der Waals surface area (Å²) in [4.78, 5) is 10.0. The number of hydrogen-bond acceptors (Lipinski definition) is 4. The van der Waals surface area contributed by atoms with E-state index in [2.05, 4.69) is 0 Å². The second-order valence-corrected chi connectivity index (χ2v) is 4.33. The van der Waals surface area contributed by atoms with Gasteiger partial charge in [-0.05, 0) is 24.3 Å². The van der Waals surface area contributed by atoms with E-state index in [1.165, 1.54) is 18.2 Å². The van der Waals surface area contributed by atoms with Crippen LogP contribution >= 0.6 is 0 Å². The predicted octanol–water partition coefficient (Wildman–Crippen LogP) is -0.775. The van der Waals surface area contributed by atoms with Gasteiger partial charge in [0.15, 0.2) is 11.1 Å². The van der Waals surface area contributed by atoms with Gasteiger partial charge in [0.2, 0.25) is 0 Å². The molecule has 1 aromatic heterocycles. The smallest absolute Gasteiger partial charge is 0.399 e. The molecule has 0 saturated heterocycles. The molecule has 4 N–H and O–H groups in total. The molecule has 0 atom stereocenters. The molecule has 21 heavy (non-hydrogen) atoms. The lowest BCUT2D eigenvalue weighted by Gasteiger charge is -2.05. The normalized spacial score (nSPS) is 10.3. The van der Waals surface area contributed by atoms with Gasteiger partial charge in [-0.2, -0.15) is 0 Å². The van der Waals surface area contributed by atoms with Crippen LogP contribution in [0, 0.1) is 0 Å². The van der Waals surface area contributed by atoms with Crippen LogP contribution in [-0.4, -0.2) is 20.1 Å². The van der Waals surface area contributed by atoms with Crippen LogP contribution in [0.3, 0.4) is 0 Å². The number of fused-ring (bicyclic) bond motifs is 1. The maximum atomic E-state index is 10.0. The molecule has 1 heterocycles. The van der Waals surface area contributed by atoms with Crippen molar-refractivity contribution in [3.8, 4) is 28.6 Å². The van der Waals surface area contributed by atoms with Gasteiger partial charge in [0, 0.05) is 5.56 Å². The van der Waals surface area contributed by atoms with Crippen LogP contribution in [-0.2, 0) is 0 Å². The van der Waals surface area contributed by atoms with Crippen LogP contribution < -0.4 is 17.8 Å². The van der Waals surface area contributed by atoms with Gasteiger partial charge >= 0.3 is 5.43 Å². The molecular weight excluding hydrogens is 296 g/mol. The topological polar surface area (TPSA) is 95.2 Å². The van der Waals surface area contributed by atoms with Crippen molar-refractivity contribution in [2.45, 2.75) is 0 Å². The highest BCUT2D eigenvalue weighted by Gasteiger charge is 2.21. The van der Waals surface area contributed by atoms with Gasteiger partial charge in [-0.15, -0.1) is 0 Å². The molecule has 0 fully saturated rings. The Morgan fingerprint density at radius 3 is 2.38 bits per heavy atom. The Morgan fingerprint density at radius 2 is 1.67 bits per heavy atom. The first-order chi connectivity index (χ1) is 9.58. The zero-order valence-corrected chi connectivity index (χ0v) is 11.4. The summed E-state index contributed by atoms with van der Waals surface area (Å²) >= 11 is 0. The van der Waals surface area contributed by atoms with Crippen molar-refractivity contribution in [1.82, 2.24) is 0 Å². The lowest BCUT2D eigenvalue weighted by atomic mass is 10.1. The van der Waals surface area contributed by atoms with Gasteiger partial charge in [-0.25, -0.2) is 0 Å². The summed E-state index contributed by atoms with van der Waals surface area (Å²) in [6.07, 6.45) is 0. The van der Waals surface area contributed by atoms with Crippen molar-refractivity contribution in [3.05, 3.63) is 47.9 Å². The van der Waals surface area contributed by atoms with Gasteiger partial charge < -0.3 is 32.1 Å². The average molecular weight is 307 g/mol. The Hall–Kier alpha value is -2.66. The molecule has 6 heteroatoms. The Morgan fingerprint density at radius 1 is 0.952 bits per heavy atom. The molecule has 5 nitrogen and oxygen atoms in total. The lowest BCUT2D eigenvalue weighted by molar-refractivity contribution is -0.00000809. The first kappa shape index (κ1) is 14.7. The average Bonchev–Trinajstić information content (AvgIpc) is 2.42. The summed E-state index contributed by atoms with van der Waals surface area (Å²) in [5.74, 6) is -0.671. The van der Waals surface area contributed by atoms with E-state index in [0.717, 1.165) is 0 Å². The van der Waals surface area contributed by atoms with Gasteiger partial charge in [0.25, 0.3) is 5.75 Å². The van der Waals surface area contributed by atoms with Crippen LogP contribution in [0.25, 0.3) is 22.3 Å². The Kier molecular flexibility index (Phi) is 3.78. The fourth-order valence-electron chi connectivity index (χ4n) is 2.07. The molecule has 2 aromatic carbocycles. The van der Waals surface area contributed by atoms with Gasteiger partial charge in [-0.1, -0.05) is 18.2 Å². The van der Waals surface area contributed by atoms with Crippen molar-refractivity contribution in [1.29, 1.82) is 0 Å². The number of benzene rings is 2. The molecule has 3 rings (SSSR count). The second kappa shape index (κ2) is 5.38. The fourth-order valence-corrected chi connectivity index (χ4v) is 2.07. The van der Waals surface area contributed by atoms with Crippen LogP contribution in [0.5, 0.6) is 17.2 Å². The molecule has 0 radical (unpaired) electrons. The van der Waals surface area contributed by atoms with E-state index in [9.17, 15) is 20.1 Å². The Labute approximate surface area is 125 Å². The number of aromatic hydroxyl groups is 3. The van der Waals surface area contributed by atoms with Gasteiger partial charge in [0.1, 0.15) is 17.1 Å². The maximum Gasteiger partial charge on any atom is 0.399 e. The fraction of sp³-hybridized carbons (Fsp3) is 0. The van der Waals surface area contributed by atoms with E-state index in [-0.39, 0.29) is 40.6 Å². The molecule has 3 aromatic rings. The zero-order chi connectivity index (χ0) is 14.3. The SMILES string of the molecule is Oc1cccc(-c2oc3cccc(O)c3c(=[OH+])c2O)c1.[Cl-]. The molecule has 0 aliphatic carbocycles. The Balaban J connectivity index is 0.00000161. The van der Waals surface area contributed by atoms with Crippen LogP contribution in [0.2, 0.25) is 0 Å². The summed E-state index contributed by atoms with van der Waals surface area (Å²) < 4.78 is 5.51. The van der Waals surface area contributed by atoms with E-state index in [1.807, 2.05) is 0 Å². The van der Waals surface area contributed by atoms with Gasteiger partial charge in [0.05, 0.1) is 0 Å². The number of phenols is 2. The highest BCUT2D eigenvalue weighted by atomic mass is 35.5. The van der Waals surface area contributed by atoms with E-state index in [0.29, 0.717) is 5.56 Å². The summed E-state index contributed by atoms with van der Waals surface area (Å²) in [7, 11) is 0. The quantitative estimate of drug-likeness (QED) is 0.514. The van der Waals surface area contributed by atoms with Crippen molar-refractivity contribution in [2.75, 3.05) is 0 Å². The molecule has 0 aliphatic heterocycles. The number of halogens is 1. The summed E-state index contributed by atoms with van der Waals surface area (Å²) in [6.45, 7) is 0. The summed E-state index contributed by atoms with van der Waals surface area (Å²) in [5.41, 5.74) is 0.157. The van der Waals surface area contributed by atoms with E-state index in [4.69, 9.17) is 4.42 Å². The van der Waals surface area contributed by atoms with Crippen LogP contribution in [0.4, 0.5) is 0 Å². The molecule has 0 aliphatic rings. The molecule has 0 bridgehead atoms. The minimum atomic E-state index is -0.496. The number of rotatable bonds is 1. The third kappa shape index (κ3) is 2.39. The molecular formula is C15H11ClO5. The minimum Gasteiger partial charge on any atom is -1.00 e. The van der Waals surface area contributed by atoms with Crippen LogP contribution in [0.15, 0.2) is 46.9 Å². The predicted molar refractivity (Wildman–Crippen MR) is 71.7 cm³/mol. The number of hydrogen-bond donors (Lipinski definition) is 3. The highest BCUT2D eigenvalue weighted by Crippen LogP contribution is 2.33. The van der Waals surface area contributed by atoms with E-state index in [1.54, 1.807) is 24.3 Å². The van der Waals surface area contributed by atoms with Crippen molar-refractivity contribution in [3.63, 3.8) is 0 Å².